The molecule has 0 fully saturated rings. The molecule has 1 N–H and O–H groups in total. The Kier molecular flexibility index (Phi) is 6.25. The van der Waals surface area contributed by atoms with Gasteiger partial charge in [-0.05, 0) is 40.2 Å². The predicted molar refractivity (Wildman–Crippen MR) is 101 cm³/mol. The molecule has 1 atom stereocenters. The Labute approximate surface area is 159 Å². The number of aromatic nitrogens is 2. The van der Waals surface area contributed by atoms with Gasteiger partial charge < -0.3 is 19.4 Å². The summed E-state index contributed by atoms with van der Waals surface area (Å²) in [6.45, 7) is 9.13. The monoisotopic (exact) mass is 373 g/mol. The molecule has 27 heavy (non-hydrogen) atoms. The highest BCUT2D eigenvalue weighted by Crippen LogP contribution is 2.18. The van der Waals surface area contributed by atoms with Crippen LogP contribution >= 0.6 is 0 Å². The van der Waals surface area contributed by atoms with Gasteiger partial charge in [0.05, 0.1) is 6.04 Å². The second-order valence-corrected chi connectivity index (χ2v) is 7.39. The summed E-state index contributed by atoms with van der Waals surface area (Å²) >= 11 is 0. The molecule has 0 radical (unpaired) electrons. The van der Waals surface area contributed by atoms with E-state index >= 15 is 0 Å². The lowest BCUT2D eigenvalue weighted by atomic mass is 10.2. The number of hydrogen-bond acceptors (Lipinski definition) is 5. The van der Waals surface area contributed by atoms with Crippen LogP contribution in [0.5, 0.6) is 0 Å². The molecule has 0 bridgehead atoms. The van der Waals surface area contributed by atoms with E-state index in [2.05, 4.69) is 10.3 Å². The van der Waals surface area contributed by atoms with Crippen LogP contribution in [0.3, 0.4) is 0 Å². The number of imidazole rings is 1. The number of alkyl carbamates (subject to hydrolysis) is 1. The maximum absolute atomic E-state index is 12.4. The Hall–Kier alpha value is -2.83. The minimum absolute atomic E-state index is 0.177. The van der Waals surface area contributed by atoms with E-state index in [0.29, 0.717) is 11.5 Å². The largest absolute Gasteiger partial charge is 0.456 e. The van der Waals surface area contributed by atoms with Gasteiger partial charge in [0.25, 0.3) is 0 Å². The molecule has 2 rings (SSSR count). The van der Waals surface area contributed by atoms with Gasteiger partial charge >= 0.3 is 12.1 Å². The molecule has 1 amide bonds. The van der Waals surface area contributed by atoms with E-state index in [9.17, 15) is 9.59 Å². The maximum atomic E-state index is 12.4. The van der Waals surface area contributed by atoms with Crippen LogP contribution in [-0.2, 0) is 23.1 Å². The van der Waals surface area contributed by atoms with Crippen molar-refractivity contribution in [3.63, 3.8) is 0 Å². The predicted octanol–water partition coefficient (Wildman–Crippen LogP) is 3.67. The first kappa shape index (κ1) is 20.5. The lowest BCUT2D eigenvalue weighted by Gasteiger charge is -2.21. The van der Waals surface area contributed by atoms with Gasteiger partial charge in [-0.25, -0.2) is 14.6 Å². The molecule has 0 saturated carbocycles. The van der Waals surface area contributed by atoms with E-state index in [-0.39, 0.29) is 12.3 Å². The number of nitrogens with zero attached hydrogens (tertiary/aromatic N) is 2. The molecule has 7 heteroatoms. The average Bonchev–Trinajstić information content (AvgIpc) is 2.87. The van der Waals surface area contributed by atoms with Gasteiger partial charge in [-0.2, -0.15) is 0 Å². The average molecular weight is 373 g/mol. The van der Waals surface area contributed by atoms with Gasteiger partial charge in [0.1, 0.15) is 18.0 Å². The molecule has 1 heterocycles. The lowest BCUT2D eigenvalue weighted by Crippen LogP contribution is -2.34. The molecule has 7 nitrogen and oxygen atoms in total. The summed E-state index contributed by atoms with van der Waals surface area (Å²) in [4.78, 5) is 28.8. The van der Waals surface area contributed by atoms with E-state index in [1.165, 1.54) is 0 Å². The summed E-state index contributed by atoms with van der Waals surface area (Å²) in [7, 11) is 1.79. The van der Waals surface area contributed by atoms with Crippen molar-refractivity contribution in [3.05, 3.63) is 53.1 Å². The number of nitrogens with one attached hydrogen (secondary N) is 1. The normalized spacial score (nSPS) is 12.4. The molecular weight excluding hydrogens is 346 g/mol. The third kappa shape index (κ3) is 5.57. The maximum Gasteiger partial charge on any atom is 0.408 e. The Morgan fingerprint density at radius 3 is 2.44 bits per heavy atom. The molecular formula is C20H27N3O4. The molecule has 0 spiro atoms. The molecule has 0 aliphatic carbocycles. The highest BCUT2D eigenvalue weighted by molar-refractivity contribution is 5.88. The number of rotatable bonds is 5. The number of hydrogen-bond donors (Lipinski definition) is 1. The number of carbonyl (C=O) groups excluding carboxylic acids is 2. The summed E-state index contributed by atoms with van der Waals surface area (Å²) in [6, 6.07) is 9.01. The number of benzene rings is 1. The van der Waals surface area contributed by atoms with Crippen LogP contribution in [0.25, 0.3) is 0 Å². The van der Waals surface area contributed by atoms with Crippen molar-refractivity contribution in [1.29, 1.82) is 0 Å². The van der Waals surface area contributed by atoms with E-state index in [1.54, 1.807) is 46.2 Å². The zero-order chi connectivity index (χ0) is 20.2. The topological polar surface area (TPSA) is 82.4 Å². The summed E-state index contributed by atoms with van der Waals surface area (Å²) < 4.78 is 12.4. The van der Waals surface area contributed by atoms with Crippen LogP contribution in [0, 0.1) is 6.92 Å². The van der Waals surface area contributed by atoms with Crippen molar-refractivity contribution < 1.29 is 19.1 Å². The highest BCUT2D eigenvalue weighted by Gasteiger charge is 2.24. The lowest BCUT2D eigenvalue weighted by molar-refractivity contribution is 0.0464. The van der Waals surface area contributed by atoms with Gasteiger partial charge in [-0.1, -0.05) is 30.3 Å². The third-order valence-corrected chi connectivity index (χ3v) is 3.94. The second-order valence-electron chi connectivity index (χ2n) is 7.39. The Morgan fingerprint density at radius 2 is 1.85 bits per heavy atom. The van der Waals surface area contributed by atoms with E-state index < -0.39 is 23.7 Å². The SMILES string of the molecule is Cc1c(C(=O)OCc2ccccc2)nc([C@H](C)NC(=O)OC(C)(C)C)n1C. The third-order valence-electron chi connectivity index (χ3n) is 3.94. The van der Waals surface area contributed by atoms with Crippen LogP contribution in [-0.4, -0.2) is 27.2 Å². The van der Waals surface area contributed by atoms with Crippen molar-refractivity contribution in [3.8, 4) is 0 Å². The van der Waals surface area contributed by atoms with E-state index in [4.69, 9.17) is 9.47 Å². The van der Waals surface area contributed by atoms with Gasteiger partial charge in [-0.15, -0.1) is 0 Å². The summed E-state index contributed by atoms with van der Waals surface area (Å²) in [5.74, 6) is 0.0488. The summed E-state index contributed by atoms with van der Waals surface area (Å²) in [5, 5.41) is 2.73. The fourth-order valence-electron chi connectivity index (χ4n) is 2.52. The van der Waals surface area contributed by atoms with Crippen molar-refractivity contribution in [2.75, 3.05) is 0 Å². The fourth-order valence-corrected chi connectivity index (χ4v) is 2.52. The number of ether oxygens (including phenoxy) is 2. The van der Waals surface area contributed by atoms with Crippen LogP contribution in [0.15, 0.2) is 30.3 Å². The van der Waals surface area contributed by atoms with Crippen LogP contribution < -0.4 is 5.32 Å². The van der Waals surface area contributed by atoms with Gasteiger partial charge in [0, 0.05) is 12.7 Å². The first-order valence-electron chi connectivity index (χ1n) is 8.82. The van der Waals surface area contributed by atoms with Crippen molar-refractivity contribution in [2.45, 2.75) is 52.9 Å². The van der Waals surface area contributed by atoms with Crippen LogP contribution in [0.1, 0.15) is 61.3 Å². The Balaban J connectivity index is 2.07. The first-order valence-corrected chi connectivity index (χ1v) is 8.82. The number of carbonyl (C=O) groups is 2. The standard InChI is InChI=1S/C20H27N3O4/c1-13(21-19(25)27-20(3,4)5)17-22-16(14(2)23(17)6)18(24)26-12-15-10-8-7-9-11-15/h7-11,13H,12H2,1-6H3,(H,21,25)/t13-/m0/s1. The minimum atomic E-state index is -0.590. The number of amides is 1. The Bertz CT molecular complexity index is 807. The van der Waals surface area contributed by atoms with Gasteiger partial charge in [-0.3, -0.25) is 0 Å². The molecule has 1 aromatic heterocycles. The smallest absolute Gasteiger partial charge is 0.408 e. The molecule has 2 aromatic rings. The molecule has 0 aliphatic heterocycles. The molecule has 0 unspecified atom stereocenters. The Morgan fingerprint density at radius 1 is 1.22 bits per heavy atom. The van der Waals surface area contributed by atoms with E-state index in [1.807, 2.05) is 30.3 Å². The molecule has 146 valence electrons. The zero-order valence-electron chi connectivity index (χ0n) is 16.7. The summed E-state index contributed by atoms with van der Waals surface area (Å²) in [6.07, 6.45) is -0.538. The van der Waals surface area contributed by atoms with Gasteiger partial charge in [0.15, 0.2) is 5.69 Å². The second kappa shape index (κ2) is 8.24. The quantitative estimate of drug-likeness (QED) is 0.809. The highest BCUT2D eigenvalue weighted by atomic mass is 16.6. The van der Waals surface area contributed by atoms with Crippen LogP contribution in [0.2, 0.25) is 0 Å². The van der Waals surface area contributed by atoms with Gasteiger partial charge in [0.2, 0.25) is 0 Å². The summed E-state index contributed by atoms with van der Waals surface area (Å²) in [5.41, 5.74) is 1.22. The van der Waals surface area contributed by atoms with Crippen LogP contribution in [0.4, 0.5) is 4.79 Å². The molecule has 0 aliphatic rings. The molecule has 0 saturated heterocycles. The first-order chi connectivity index (χ1) is 12.6. The molecule has 1 aromatic carbocycles. The van der Waals surface area contributed by atoms with Crippen molar-refractivity contribution >= 4 is 12.1 Å². The van der Waals surface area contributed by atoms with Crippen molar-refractivity contribution in [1.82, 2.24) is 14.9 Å². The van der Waals surface area contributed by atoms with E-state index in [0.717, 1.165) is 5.56 Å². The fraction of sp³-hybridized carbons (Fsp3) is 0.450. The minimum Gasteiger partial charge on any atom is -0.456 e. The van der Waals surface area contributed by atoms with Crippen molar-refractivity contribution in [2.24, 2.45) is 7.05 Å². The number of esters is 1. The zero-order valence-corrected chi connectivity index (χ0v) is 16.7.